The van der Waals surface area contributed by atoms with Gasteiger partial charge in [0.05, 0.1) is 5.56 Å². The van der Waals surface area contributed by atoms with E-state index in [9.17, 15) is 9.59 Å². The first kappa shape index (κ1) is 12.0. The van der Waals surface area contributed by atoms with E-state index >= 15 is 0 Å². The van der Waals surface area contributed by atoms with Gasteiger partial charge in [-0.15, -0.1) is 0 Å². The van der Waals surface area contributed by atoms with Crippen molar-refractivity contribution in [2.24, 2.45) is 0 Å². The van der Waals surface area contributed by atoms with Crippen molar-refractivity contribution in [3.05, 3.63) is 41.2 Å². The summed E-state index contributed by atoms with van der Waals surface area (Å²) in [4.78, 5) is 29.5. The first-order valence-electron chi connectivity index (χ1n) is 6.47. The fourth-order valence-corrected chi connectivity index (χ4v) is 2.47. The summed E-state index contributed by atoms with van der Waals surface area (Å²) in [6.07, 6.45) is 5.43. The van der Waals surface area contributed by atoms with Crippen LogP contribution in [0.15, 0.2) is 30.0 Å². The Kier molecular flexibility index (Phi) is 3.13. The van der Waals surface area contributed by atoms with Crippen LogP contribution in [-0.2, 0) is 0 Å². The number of imide groups is 1. The third-order valence-corrected chi connectivity index (χ3v) is 3.55. The highest BCUT2D eigenvalue weighted by molar-refractivity contribution is 6.20. The lowest BCUT2D eigenvalue weighted by molar-refractivity contribution is 0.0654. The van der Waals surface area contributed by atoms with E-state index in [1.165, 1.54) is 10.5 Å². The van der Waals surface area contributed by atoms with Gasteiger partial charge in [0.25, 0.3) is 11.8 Å². The fourth-order valence-electron chi connectivity index (χ4n) is 2.47. The molecule has 0 atom stereocenters. The van der Waals surface area contributed by atoms with Crippen LogP contribution in [-0.4, -0.2) is 41.3 Å². The van der Waals surface area contributed by atoms with E-state index in [0.717, 1.165) is 25.9 Å². The number of pyridine rings is 1. The molecule has 0 aromatic carbocycles. The molecule has 0 bridgehead atoms. The normalized spacial score (nSPS) is 18.5. The molecule has 0 unspecified atom stereocenters. The molecule has 3 heterocycles. The van der Waals surface area contributed by atoms with Crippen LogP contribution in [0.1, 0.15) is 33.7 Å². The largest absolute Gasteiger partial charge is 0.313 e. The van der Waals surface area contributed by atoms with Gasteiger partial charge >= 0.3 is 0 Å². The molecular weight excluding hydrogens is 242 g/mol. The van der Waals surface area contributed by atoms with Crippen molar-refractivity contribution < 1.29 is 9.59 Å². The number of carbonyl (C=O) groups excluding carboxylic acids is 2. The van der Waals surface area contributed by atoms with E-state index in [-0.39, 0.29) is 17.5 Å². The molecule has 3 rings (SSSR count). The Labute approximate surface area is 111 Å². The summed E-state index contributed by atoms with van der Waals surface area (Å²) in [5, 5.41) is 3.24. The Morgan fingerprint density at radius 3 is 2.95 bits per heavy atom. The molecule has 1 aromatic heterocycles. The molecule has 0 radical (unpaired) electrons. The highest BCUT2D eigenvalue weighted by atomic mass is 16.2. The minimum absolute atomic E-state index is 0.220. The van der Waals surface area contributed by atoms with Gasteiger partial charge in [-0.3, -0.25) is 19.5 Å². The molecule has 5 heteroatoms. The Morgan fingerprint density at radius 1 is 1.32 bits per heavy atom. The topological polar surface area (TPSA) is 62.3 Å². The van der Waals surface area contributed by atoms with Gasteiger partial charge in [0.2, 0.25) is 0 Å². The summed E-state index contributed by atoms with van der Waals surface area (Å²) in [6.45, 7) is 2.29. The minimum atomic E-state index is -0.268. The quantitative estimate of drug-likeness (QED) is 0.648. The molecule has 2 amide bonds. The number of amides is 2. The lowest BCUT2D eigenvalue weighted by Gasteiger charge is -2.17. The average Bonchev–Trinajstić information content (AvgIpc) is 2.71. The van der Waals surface area contributed by atoms with Gasteiger partial charge in [-0.25, -0.2) is 0 Å². The van der Waals surface area contributed by atoms with Gasteiger partial charge in [-0.2, -0.15) is 0 Å². The van der Waals surface area contributed by atoms with Gasteiger partial charge in [-0.05, 0) is 31.5 Å². The molecule has 0 saturated carbocycles. The van der Waals surface area contributed by atoms with Crippen molar-refractivity contribution in [2.75, 3.05) is 19.6 Å². The summed E-state index contributed by atoms with van der Waals surface area (Å²) >= 11 is 0. The minimum Gasteiger partial charge on any atom is -0.313 e. The number of aromatic nitrogens is 1. The predicted molar refractivity (Wildman–Crippen MR) is 69.8 cm³/mol. The van der Waals surface area contributed by atoms with Gasteiger partial charge in [0, 0.05) is 19.3 Å². The number of hydrogen-bond donors (Lipinski definition) is 1. The zero-order chi connectivity index (χ0) is 13.2. The lowest BCUT2D eigenvalue weighted by Crippen LogP contribution is -2.31. The second kappa shape index (κ2) is 4.93. The molecule has 98 valence electrons. The van der Waals surface area contributed by atoms with Crippen molar-refractivity contribution >= 4 is 11.8 Å². The van der Waals surface area contributed by atoms with Gasteiger partial charge in [-0.1, -0.05) is 11.6 Å². The molecule has 5 nitrogen and oxygen atoms in total. The monoisotopic (exact) mass is 257 g/mol. The van der Waals surface area contributed by atoms with Crippen LogP contribution in [0.5, 0.6) is 0 Å². The van der Waals surface area contributed by atoms with Gasteiger partial charge < -0.3 is 5.32 Å². The van der Waals surface area contributed by atoms with Crippen molar-refractivity contribution in [1.82, 2.24) is 15.2 Å². The lowest BCUT2D eigenvalue weighted by atomic mass is 10.1. The Hall–Kier alpha value is -2.01. The van der Waals surface area contributed by atoms with Crippen LogP contribution in [0.3, 0.4) is 0 Å². The molecule has 1 aromatic rings. The van der Waals surface area contributed by atoms with E-state index in [2.05, 4.69) is 16.4 Å². The van der Waals surface area contributed by atoms with Crippen molar-refractivity contribution in [2.45, 2.75) is 12.8 Å². The number of rotatable bonds is 3. The second-order valence-corrected chi connectivity index (χ2v) is 4.73. The van der Waals surface area contributed by atoms with Crippen LogP contribution in [0.2, 0.25) is 0 Å². The summed E-state index contributed by atoms with van der Waals surface area (Å²) in [5.41, 5.74) is 2.02. The first-order chi connectivity index (χ1) is 9.27. The first-order valence-corrected chi connectivity index (χ1v) is 6.47. The summed E-state index contributed by atoms with van der Waals surface area (Å²) < 4.78 is 0. The van der Waals surface area contributed by atoms with Crippen molar-refractivity contribution in [1.29, 1.82) is 0 Å². The number of nitrogens with one attached hydrogen (secondary N) is 1. The highest BCUT2D eigenvalue weighted by Crippen LogP contribution is 2.21. The molecule has 0 fully saturated rings. The van der Waals surface area contributed by atoms with Crippen LogP contribution >= 0.6 is 0 Å². The summed E-state index contributed by atoms with van der Waals surface area (Å²) in [5.74, 6) is -0.488. The zero-order valence-electron chi connectivity index (χ0n) is 10.6. The molecule has 0 aliphatic carbocycles. The number of hydrogen-bond acceptors (Lipinski definition) is 4. The van der Waals surface area contributed by atoms with Crippen molar-refractivity contribution in [3.8, 4) is 0 Å². The maximum absolute atomic E-state index is 12.1. The van der Waals surface area contributed by atoms with E-state index in [1.807, 2.05) is 0 Å². The number of nitrogens with zero attached hydrogens (tertiary/aromatic N) is 2. The van der Waals surface area contributed by atoms with Crippen LogP contribution < -0.4 is 5.32 Å². The predicted octanol–water partition coefficient (Wildman–Crippen LogP) is 0.987. The van der Waals surface area contributed by atoms with Crippen molar-refractivity contribution in [3.63, 3.8) is 0 Å². The van der Waals surface area contributed by atoms with E-state index < -0.39 is 0 Å². The smallest absolute Gasteiger partial charge is 0.280 e. The Balaban J connectivity index is 1.72. The third kappa shape index (κ3) is 2.17. The molecule has 0 spiro atoms. The molecule has 19 heavy (non-hydrogen) atoms. The van der Waals surface area contributed by atoms with Gasteiger partial charge in [0.1, 0.15) is 5.69 Å². The SMILES string of the molecule is O=C1c2cccnc2C(=O)N1CCC1=CCNCC1. The molecule has 1 N–H and O–H groups in total. The van der Waals surface area contributed by atoms with Crippen LogP contribution in [0.25, 0.3) is 0 Å². The van der Waals surface area contributed by atoms with E-state index in [4.69, 9.17) is 0 Å². The molecule has 2 aliphatic rings. The zero-order valence-corrected chi connectivity index (χ0v) is 10.6. The molecule has 0 saturated heterocycles. The maximum atomic E-state index is 12.1. The average molecular weight is 257 g/mol. The Morgan fingerprint density at radius 2 is 2.21 bits per heavy atom. The second-order valence-electron chi connectivity index (χ2n) is 4.73. The standard InChI is InChI=1S/C14H15N3O2/c18-13-11-2-1-6-16-12(11)14(19)17(13)9-5-10-3-7-15-8-4-10/h1-3,6,15H,4-5,7-9H2. The number of carbonyl (C=O) groups is 2. The van der Waals surface area contributed by atoms with Crippen LogP contribution in [0, 0.1) is 0 Å². The fraction of sp³-hybridized carbons (Fsp3) is 0.357. The van der Waals surface area contributed by atoms with Crippen LogP contribution in [0.4, 0.5) is 0 Å². The summed E-state index contributed by atoms with van der Waals surface area (Å²) in [7, 11) is 0. The third-order valence-electron chi connectivity index (χ3n) is 3.55. The number of fused-ring (bicyclic) bond motifs is 1. The summed E-state index contributed by atoms with van der Waals surface area (Å²) in [6, 6.07) is 3.34. The maximum Gasteiger partial charge on any atom is 0.280 e. The molecular formula is C14H15N3O2. The Bertz CT molecular complexity index is 531. The van der Waals surface area contributed by atoms with E-state index in [1.54, 1.807) is 18.3 Å². The van der Waals surface area contributed by atoms with Gasteiger partial charge in [0.15, 0.2) is 0 Å². The molecule has 2 aliphatic heterocycles. The highest BCUT2D eigenvalue weighted by Gasteiger charge is 2.36. The van der Waals surface area contributed by atoms with E-state index in [0.29, 0.717) is 12.1 Å².